The van der Waals surface area contributed by atoms with Gasteiger partial charge in [0.05, 0.1) is 22.1 Å². The summed E-state index contributed by atoms with van der Waals surface area (Å²) in [5.41, 5.74) is 18.9. The van der Waals surface area contributed by atoms with Gasteiger partial charge in [0.25, 0.3) is 0 Å². The lowest BCUT2D eigenvalue weighted by Crippen LogP contribution is -1.97. The summed E-state index contributed by atoms with van der Waals surface area (Å²) in [4.78, 5) is 0. The fourth-order valence-electron chi connectivity index (χ4n) is 9.69. The van der Waals surface area contributed by atoms with Crippen LogP contribution < -0.4 is 0 Å². The fraction of sp³-hybridized carbons (Fsp3) is 0. The van der Waals surface area contributed by atoms with Crippen LogP contribution in [-0.2, 0) is 0 Å². The number of hydrogen-bond acceptors (Lipinski definition) is 0. The predicted octanol–water partition coefficient (Wildman–Crippen LogP) is 16.2. The normalized spacial score (nSPS) is 11.5. The van der Waals surface area contributed by atoms with Crippen molar-refractivity contribution in [3.05, 3.63) is 243 Å². The highest BCUT2D eigenvalue weighted by atomic mass is 15.0. The number of rotatable bonds is 7. The molecule has 0 radical (unpaired) electrons. The smallest absolute Gasteiger partial charge is 0.0619 e. The number of fused-ring (bicyclic) bond motifs is 6. The zero-order valence-electron chi connectivity index (χ0n) is 34.0. The summed E-state index contributed by atoms with van der Waals surface area (Å²) < 4.78 is 4.94. The Morgan fingerprint density at radius 3 is 1.00 bits per heavy atom. The van der Waals surface area contributed by atoms with Gasteiger partial charge in [0.1, 0.15) is 0 Å². The summed E-state index contributed by atoms with van der Waals surface area (Å²) in [6.07, 6.45) is 0. The highest BCUT2D eigenvalue weighted by Gasteiger charge is 2.21. The van der Waals surface area contributed by atoms with Crippen LogP contribution in [-0.4, -0.2) is 9.13 Å². The Bertz CT molecular complexity index is 3390. The van der Waals surface area contributed by atoms with Crippen LogP contribution in [0, 0.1) is 0 Å². The van der Waals surface area contributed by atoms with Crippen LogP contribution >= 0.6 is 0 Å². The van der Waals surface area contributed by atoms with Gasteiger partial charge in [-0.2, -0.15) is 0 Å². The van der Waals surface area contributed by atoms with Gasteiger partial charge >= 0.3 is 0 Å². The monoisotopic (exact) mass is 788 g/mol. The topological polar surface area (TPSA) is 9.86 Å². The molecule has 0 N–H and O–H groups in total. The minimum atomic E-state index is 1.14. The summed E-state index contributed by atoms with van der Waals surface area (Å²) in [5, 5.41) is 4.94. The Kier molecular flexibility index (Phi) is 8.53. The van der Waals surface area contributed by atoms with Crippen molar-refractivity contribution in [2.75, 3.05) is 0 Å². The van der Waals surface area contributed by atoms with E-state index in [9.17, 15) is 0 Å². The molecule has 12 rings (SSSR count). The van der Waals surface area contributed by atoms with E-state index in [1.807, 2.05) is 0 Å². The third-order valence-electron chi connectivity index (χ3n) is 12.5. The molecule has 0 saturated heterocycles. The average molecular weight is 789 g/mol. The molecule has 0 spiro atoms. The molecular formula is C60H40N2. The number of aromatic nitrogens is 2. The Labute approximate surface area is 360 Å². The molecule has 2 heterocycles. The molecular weight excluding hydrogens is 749 g/mol. The maximum Gasteiger partial charge on any atom is 0.0619 e. The number of para-hydroxylation sites is 4. The largest absolute Gasteiger partial charge is 0.309 e. The third-order valence-corrected chi connectivity index (χ3v) is 12.5. The Morgan fingerprint density at radius 1 is 0.210 bits per heavy atom. The van der Waals surface area contributed by atoms with E-state index in [0.29, 0.717) is 0 Å². The van der Waals surface area contributed by atoms with Crippen LogP contribution in [0.3, 0.4) is 0 Å². The average Bonchev–Trinajstić information content (AvgIpc) is 3.88. The lowest BCUT2D eigenvalue weighted by Gasteiger charge is -2.17. The van der Waals surface area contributed by atoms with Crippen molar-refractivity contribution >= 4 is 43.6 Å². The Balaban J connectivity index is 1.13. The van der Waals surface area contributed by atoms with Gasteiger partial charge in [0.15, 0.2) is 0 Å². The first-order valence-electron chi connectivity index (χ1n) is 21.3. The molecule has 0 bridgehead atoms. The van der Waals surface area contributed by atoms with Crippen LogP contribution in [0.15, 0.2) is 243 Å². The summed E-state index contributed by atoms with van der Waals surface area (Å²) >= 11 is 0. The molecule has 2 heteroatoms. The molecule has 290 valence electrons. The van der Waals surface area contributed by atoms with Gasteiger partial charge in [-0.1, -0.05) is 188 Å². The van der Waals surface area contributed by atoms with E-state index in [1.165, 1.54) is 99.2 Å². The van der Waals surface area contributed by atoms with Gasteiger partial charge < -0.3 is 9.13 Å². The lowest BCUT2D eigenvalue weighted by atomic mass is 9.91. The predicted molar refractivity (Wildman–Crippen MR) is 262 cm³/mol. The van der Waals surface area contributed by atoms with E-state index in [1.54, 1.807) is 0 Å². The summed E-state index contributed by atoms with van der Waals surface area (Å²) in [5.74, 6) is 0. The van der Waals surface area contributed by atoms with Crippen LogP contribution in [0.1, 0.15) is 0 Å². The lowest BCUT2D eigenvalue weighted by molar-refractivity contribution is 1.18. The van der Waals surface area contributed by atoms with Crippen molar-refractivity contribution in [3.63, 3.8) is 0 Å². The SMILES string of the molecule is c1ccc(-c2cc(-c3cccc4c5ccccc5n(-c5cccc(-c6ccccc6)c5)c34)cc(-c3cccc4c5ccccc5n(-c5cccc(-c6ccccc6)c5)c34)c2)cc1. The summed E-state index contributed by atoms with van der Waals surface area (Å²) in [7, 11) is 0. The summed E-state index contributed by atoms with van der Waals surface area (Å²) in [6, 6.07) is 88.6. The molecule has 0 aliphatic rings. The molecule has 0 saturated carbocycles. The Morgan fingerprint density at radius 2 is 0.548 bits per heavy atom. The van der Waals surface area contributed by atoms with Gasteiger partial charge in [0.2, 0.25) is 0 Å². The maximum atomic E-state index is 2.47. The van der Waals surface area contributed by atoms with Crippen molar-refractivity contribution < 1.29 is 0 Å². The van der Waals surface area contributed by atoms with Gasteiger partial charge in [-0.3, -0.25) is 0 Å². The quantitative estimate of drug-likeness (QED) is 0.152. The minimum Gasteiger partial charge on any atom is -0.309 e. The van der Waals surface area contributed by atoms with Crippen molar-refractivity contribution in [3.8, 4) is 67.0 Å². The Hall–Kier alpha value is -8.20. The molecule has 2 nitrogen and oxygen atoms in total. The fourth-order valence-corrected chi connectivity index (χ4v) is 9.69. The van der Waals surface area contributed by atoms with E-state index in [-0.39, 0.29) is 0 Å². The zero-order chi connectivity index (χ0) is 41.0. The minimum absolute atomic E-state index is 1.14. The first kappa shape index (κ1) is 35.7. The molecule has 0 aliphatic heterocycles. The standard InChI is InChI=1S/C60H40N2/c1-4-18-41(19-5-1)44-24-14-26-49(39-44)61-57-34-12-10-28-53(57)55-32-16-30-51(59(55)61)47-36-46(43-22-8-3-9-23-43)37-48(38-47)52-31-17-33-56-54-29-11-13-35-58(54)62(60(52)56)50-27-15-25-45(40-50)42-20-6-2-7-21-42/h1-40H. The van der Waals surface area contributed by atoms with Gasteiger partial charge in [-0.05, 0) is 99.1 Å². The second kappa shape index (κ2) is 14.8. The molecule has 0 amide bonds. The second-order valence-electron chi connectivity index (χ2n) is 16.1. The van der Waals surface area contributed by atoms with Crippen LogP contribution in [0.4, 0.5) is 0 Å². The number of benzene rings is 10. The molecule has 0 fully saturated rings. The van der Waals surface area contributed by atoms with Crippen molar-refractivity contribution in [2.24, 2.45) is 0 Å². The molecule has 0 atom stereocenters. The van der Waals surface area contributed by atoms with Crippen molar-refractivity contribution in [2.45, 2.75) is 0 Å². The second-order valence-corrected chi connectivity index (χ2v) is 16.1. The molecule has 12 aromatic rings. The molecule has 0 aliphatic carbocycles. The first-order valence-corrected chi connectivity index (χ1v) is 21.3. The highest BCUT2D eigenvalue weighted by molar-refractivity contribution is 6.16. The van der Waals surface area contributed by atoms with Crippen molar-refractivity contribution in [1.82, 2.24) is 9.13 Å². The van der Waals surface area contributed by atoms with E-state index in [0.717, 1.165) is 11.4 Å². The van der Waals surface area contributed by atoms with E-state index in [2.05, 4.69) is 252 Å². The number of hydrogen-bond donors (Lipinski definition) is 0. The van der Waals surface area contributed by atoms with Crippen LogP contribution in [0.2, 0.25) is 0 Å². The first-order chi connectivity index (χ1) is 30.8. The maximum absolute atomic E-state index is 2.47. The van der Waals surface area contributed by atoms with Gasteiger partial charge in [-0.15, -0.1) is 0 Å². The molecule has 10 aromatic carbocycles. The summed E-state index contributed by atoms with van der Waals surface area (Å²) in [6.45, 7) is 0. The van der Waals surface area contributed by atoms with Crippen LogP contribution in [0.25, 0.3) is 111 Å². The van der Waals surface area contributed by atoms with E-state index >= 15 is 0 Å². The molecule has 0 unspecified atom stereocenters. The van der Waals surface area contributed by atoms with E-state index in [4.69, 9.17) is 0 Å². The third kappa shape index (κ3) is 5.96. The van der Waals surface area contributed by atoms with Gasteiger partial charge in [0, 0.05) is 44.0 Å². The van der Waals surface area contributed by atoms with Crippen LogP contribution in [0.5, 0.6) is 0 Å². The van der Waals surface area contributed by atoms with Crippen molar-refractivity contribution in [1.29, 1.82) is 0 Å². The highest BCUT2D eigenvalue weighted by Crippen LogP contribution is 2.44. The molecule has 2 aromatic heterocycles. The molecule has 62 heavy (non-hydrogen) atoms. The van der Waals surface area contributed by atoms with Gasteiger partial charge in [-0.25, -0.2) is 0 Å². The number of nitrogens with zero attached hydrogens (tertiary/aromatic N) is 2. The zero-order valence-corrected chi connectivity index (χ0v) is 34.0. The van der Waals surface area contributed by atoms with E-state index < -0.39 is 0 Å².